The van der Waals surface area contributed by atoms with Gasteiger partial charge in [-0.3, -0.25) is 0 Å². The molecule has 2 aliphatic heterocycles. The molecule has 1 saturated heterocycles. The van der Waals surface area contributed by atoms with E-state index in [1.165, 1.54) is 11.6 Å². The molecule has 2 aliphatic rings. The van der Waals surface area contributed by atoms with E-state index in [4.69, 9.17) is 9.47 Å². The standard InChI is InChI=1S/C20H21F2NO2/c1-11(2)12-3-6-17-15(9-12)19-20(25-8-7-24-19)18(23-17)14-10-13(21)4-5-16(14)22/h3-6,9-11,18-20,23H,7-8H2,1-2H3. The molecule has 4 rings (SSSR count). The number of benzene rings is 2. The van der Waals surface area contributed by atoms with Gasteiger partial charge < -0.3 is 14.8 Å². The van der Waals surface area contributed by atoms with Crippen LogP contribution in [0.4, 0.5) is 14.5 Å². The second-order valence-electron chi connectivity index (χ2n) is 6.92. The summed E-state index contributed by atoms with van der Waals surface area (Å²) >= 11 is 0. The van der Waals surface area contributed by atoms with Crippen LogP contribution >= 0.6 is 0 Å². The van der Waals surface area contributed by atoms with Crippen LogP contribution in [0.2, 0.25) is 0 Å². The highest BCUT2D eigenvalue weighted by Crippen LogP contribution is 2.45. The van der Waals surface area contributed by atoms with E-state index in [0.717, 1.165) is 23.4 Å². The Hall–Kier alpha value is -1.98. The molecule has 0 amide bonds. The van der Waals surface area contributed by atoms with Gasteiger partial charge >= 0.3 is 0 Å². The summed E-state index contributed by atoms with van der Waals surface area (Å²) in [5, 5.41) is 3.33. The lowest BCUT2D eigenvalue weighted by Gasteiger charge is -2.43. The Kier molecular flexibility index (Phi) is 4.21. The number of hydrogen-bond donors (Lipinski definition) is 1. The van der Waals surface area contributed by atoms with Crippen LogP contribution in [0.15, 0.2) is 36.4 Å². The monoisotopic (exact) mass is 345 g/mol. The molecule has 0 radical (unpaired) electrons. The third kappa shape index (κ3) is 2.92. The normalized spacial score (nSPS) is 25.2. The molecule has 1 fully saturated rings. The van der Waals surface area contributed by atoms with Crippen LogP contribution in [-0.4, -0.2) is 19.3 Å². The first kappa shape index (κ1) is 16.5. The summed E-state index contributed by atoms with van der Waals surface area (Å²) in [6.07, 6.45) is -0.698. The van der Waals surface area contributed by atoms with Crippen molar-refractivity contribution < 1.29 is 18.3 Å². The summed E-state index contributed by atoms with van der Waals surface area (Å²) in [5.41, 5.74) is 3.37. The molecule has 2 aromatic rings. The number of fused-ring (bicyclic) bond motifs is 3. The van der Waals surface area contributed by atoms with Crippen molar-refractivity contribution in [3.8, 4) is 0 Å². The second kappa shape index (κ2) is 6.39. The maximum atomic E-state index is 14.4. The first-order valence-corrected chi connectivity index (χ1v) is 8.63. The van der Waals surface area contributed by atoms with Gasteiger partial charge in [-0.05, 0) is 35.7 Å². The Labute approximate surface area is 146 Å². The van der Waals surface area contributed by atoms with Crippen LogP contribution < -0.4 is 5.32 Å². The van der Waals surface area contributed by atoms with Crippen molar-refractivity contribution in [1.82, 2.24) is 0 Å². The van der Waals surface area contributed by atoms with E-state index < -0.39 is 23.8 Å². The molecule has 2 heterocycles. The Balaban J connectivity index is 1.80. The number of anilines is 1. The van der Waals surface area contributed by atoms with Crippen molar-refractivity contribution in [3.05, 3.63) is 64.7 Å². The fraction of sp³-hybridized carbons (Fsp3) is 0.400. The van der Waals surface area contributed by atoms with Crippen molar-refractivity contribution in [1.29, 1.82) is 0 Å². The zero-order valence-electron chi connectivity index (χ0n) is 14.3. The Bertz CT molecular complexity index is 793. The molecule has 0 aliphatic carbocycles. The Morgan fingerprint density at radius 2 is 1.80 bits per heavy atom. The van der Waals surface area contributed by atoms with Gasteiger partial charge in [-0.15, -0.1) is 0 Å². The predicted molar refractivity (Wildman–Crippen MR) is 91.7 cm³/mol. The highest BCUT2D eigenvalue weighted by atomic mass is 19.1. The average Bonchev–Trinajstić information content (AvgIpc) is 2.62. The zero-order valence-corrected chi connectivity index (χ0v) is 14.3. The maximum absolute atomic E-state index is 14.4. The summed E-state index contributed by atoms with van der Waals surface area (Å²) in [4.78, 5) is 0. The third-order valence-corrected chi connectivity index (χ3v) is 4.97. The van der Waals surface area contributed by atoms with E-state index in [1.807, 2.05) is 6.07 Å². The van der Waals surface area contributed by atoms with E-state index in [9.17, 15) is 8.78 Å². The Morgan fingerprint density at radius 1 is 1.00 bits per heavy atom. The number of ether oxygens (including phenoxy) is 2. The van der Waals surface area contributed by atoms with Crippen LogP contribution in [-0.2, 0) is 9.47 Å². The molecule has 132 valence electrons. The van der Waals surface area contributed by atoms with Gasteiger partial charge in [0.05, 0.1) is 19.3 Å². The fourth-order valence-electron chi connectivity index (χ4n) is 3.64. The van der Waals surface area contributed by atoms with E-state index >= 15 is 0 Å². The molecule has 5 heteroatoms. The van der Waals surface area contributed by atoms with Crippen LogP contribution in [0, 0.1) is 11.6 Å². The highest BCUT2D eigenvalue weighted by Gasteiger charge is 2.42. The molecule has 1 N–H and O–H groups in total. The zero-order chi connectivity index (χ0) is 17.6. The quantitative estimate of drug-likeness (QED) is 0.855. The SMILES string of the molecule is CC(C)c1ccc2c(c1)C1OCCOC1C(c1cc(F)ccc1F)N2. The summed E-state index contributed by atoms with van der Waals surface area (Å²) in [7, 11) is 0. The first-order valence-electron chi connectivity index (χ1n) is 8.63. The number of nitrogens with one attached hydrogen (secondary N) is 1. The third-order valence-electron chi connectivity index (χ3n) is 4.97. The first-order chi connectivity index (χ1) is 12.0. The summed E-state index contributed by atoms with van der Waals surface area (Å²) in [6, 6.07) is 9.18. The smallest absolute Gasteiger partial charge is 0.128 e. The number of hydrogen-bond acceptors (Lipinski definition) is 3. The molecule has 0 bridgehead atoms. The molecule has 0 saturated carbocycles. The summed E-state index contributed by atoms with van der Waals surface area (Å²) in [6.45, 7) is 5.21. The van der Waals surface area contributed by atoms with Gasteiger partial charge in [0.15, 0.2) is 0 Å². The molecule has 3 unspecified atom stereocenters. The highest BCUT2D eigenvalue weighted by molar-refractivity contribution is 5.59. The van der Waals surface area contributed by atoms with Gasteiger partial charge in [-0.2, -0.15) is 0 Å². The van der Waals surface area contributed by atoms with Crippen molar-refractivity contribution in [2.24, 2.45) is 0 Å². The van der Waals surface area contributed by atoms with Gasteiger partial charge in [-0.1, -0.05) is 26.0 Å². The molecule has 0 spiro atoms. The molecule has 2 aromatic carbocycles. The second-order valence-corrected chi connectivity index (χ2v) is 6.92. The van der Waals surface area contributed by atoms with Gasteiger partial charge in [0.2, 0.25) is 0 Å². The van der Waals surface area contributed by atoms with E-state index in [0.29, 0.717) is 19.1 Å². The maximum Gasteiger partial charge on any atom is 0.128 e. The average molecular weight is 345 g/mol. The van der Waals surface area contributed by atoms with Crippen LogP contribution in [0.3, 0.4) is 0 Å². The predicted octanol–water partition coefficient (Wildman–Crippen LogP) is 4.71. The van der Waals surface area contributed by atoms with Crippen molar-refractivity contribution >= 4 is 5.69 Å². The van der Waals surface area contributed by atoms with E-state index in [1.54, 1.807) is 0 Å². The van der Waals surface area contributed by atoms with Gasteiger partial charge in [0.25, 0.3) is 0 Å². The van der Waals surface area contributed by atoms with Gasteiger partial charge in [0.1, 0.15) is 23.8 Å². The van der Waals surface area contributed by atoms with Crippen LogP contribution in [0.25, 0.3) is 0 Å². The van der Waals surface area contributed by atoms with Gasteiger partial charge in [-0.25, -0.2) is 8.78 Å². The molecular weight excluding hydrogens is 324 g/mol. The lowest BCUT2D eigenvalue weighted by Crippen LogP contribution is -2.43. The lowest BCUT2D eigenvalue weighted by molar-refractivity contribution is -0.151. The van der Waals surface area contributed by atoms with E-state index in [2.05, 4.69) is 31.3 Å². The van der Waals surface area contributed by atoms with E-state index in [-0.39, 0.29) is 11.7 Å². The Morgan fingerprint density at radius 3 is 2.60 bits per heavy atom. The topological polar surface area (TPSA) is 30.5 Å². The molecule has 3 nitrogen and oxygen atoms in total. The van der Waals surface area contributed by atoms with Crippen LogP contribution in [0.5, 0.6) is 0 Å². The number of rotatable bonds is 2. The van der Waals surface area contributed by atoms with Crippen molar-refractivity contribution in [3.63, 3.8) is 0 Å². The van der Waals surface area contributed by atoms with Crippen molar-refractivity contribution in [2.75, 3.05) is 18.5 Å². The fourth-order valence-corrected chi connectivity index (χ4v) is 3.64. The van der Waals surface area contributed by atoms with Crippen molar-refractivity contribution in [2.45, 2.75) is 38.0 Å². The van der Waals surface area contributed by atoms with Crippen LogP contribution in [0.1, 0.15) is 48.6 Å². The molecule has 3 atom stereocenters. The molecule has 25 heavy (non-hydrogen) atoms. The minimum atomic E-state index is -0.501. The molecular formula is C20H21F2NO2. The number of halogens is 2. The lowest BCUT2D eigenvalue weighted by atomic mass is 9.85. The minimum Gasteiger partial charge on any atom is -0.375 e. The van der Waals surface area contributed by atoms with Gasteiger partial charge in [0, 0.05) is 16.8 Å². The minimum absolute atomic E-state index is 0.263. The molecule has 0 aromatic heterocycles. The summed E-state index contributed by atoms with van der Waals surface area (Å²) in [5.74, 6) is -0.520. The largest absolute Gasteiger partial charge is 0.375 e. The summed E-state index contributed by atoms with van der Waals surface area (Å²) < 4.78 is 40.0.